The normalized spacial score (nSPS) is 9.44. The highest BCUT2D eigenvalue weighted by molar-refractivity contribution is 5.50. The van der Waals surface area contributed by atoms with Gasteiger partial charge in [0.15, 0.2) is 11.6 Å². The first-order valence-electron chi connectivity index (χ1n) is 2.42. The van der Waals surface area contributed by atoms with Crippen LogP contribution in [0.5, 0.6) is 0 Å². The van der Waals surface area contributed by atoms with Crippen LogP contribution in [0.25, 0.3) is 0 Å². The van der Waals surface area contributed by atoms with Gasteiger partial charge in [0.05, 0.1) is 0 Å². The van der Waals surface area contributed by atoms with Crippen molar-refractivity contribution in [2.75, 3.05) is 11.5 Å². The van der Waals surface area contributed by atoms with E-state index < -0.39 is 0 Å². The van der Waals surface area contributed by atoms with Gasteiger partial charge < -0.3 is 11.5 Å². The first-order chi connectivity index (χ1) is 4.20. The molecule has 0 atom stereocenters. The summed E-state index contributed by atoms with van der Waals surface area (Å²) in [4.78, 5) is 3.75. The zero-order valence-electron chi connectivity index (χ0n) is 5.00. The van der Waals surface area contributed by atoms with Crippen LogP contribution < -0.4 is 11.5 Å². The summed E-state index contributed by atoms with van der Waals surface area (Å²) < 4.78 is 0. The minimum Gasteiger partial charge on any atom is -0.381 e. The summed E-state index contributed by atoms with van der Waals surface area (Å²) in [6.07, 6.45) is 0. The van der Waals surface area contributed by atoms with E-state index in [4.69, 9.17) is 11.5 Å². The van der Waals surface area contributed by atoms with Gasteiger partial charge in [0, 0.05) is 0 Å². The Hall–Kier alpha value is -1.39. The Morgan fingerprint density at radius 1 is 1.11 bits per heavy atom. The van der Waals surface area contributed by atoms with Gasteiger partial charge >= 0.3 is 0 Å². The average Bonchev–Trinajstić information content (AvgIpc) is 1.80. The van der Waals surface area contributed by atoms with Gasteiger partial charge in [-0.3, -0.25) is 0 Å². The van der Waals surface area contributed by atoms with E-state index >= 15 is 0 Å². The van der Waals surface area contributed by atoms with Crippen LogP contribution in [0, 0.1) is 6.92 Å². The van der Waals surface area contributed by atoms with Crippen LogP contribution in [-0.2, 0) is 0 Å². The van der Waals surface area contributed by atoms with Crippen molar-refractivity contribution in [2.24, 2.45) is 0 Å². The maximum atomic E-state index is 5.28. The molecule has 0 aromatic carbocycles. The first kappa shape index (κ1) is 5.74. The Morgan fingerprint density at radius 2 is 1.78 bits per heavy atom. The van der Waals surface area contributed by atoms with E-state index in [0.717, 1.165) is 0 Å². The molecule has 0 fully saturated rings. The van der Waals surface area contributed by atoms with Gasteiger partial charge in [0.25, 0.3) is 0 Å². The van der Waals surface area contributed by atoms with Gasteiger partial charge in [-0.1, -0.05) is 0 Å². The average molecular weight is 125 g/mol. The quantitative estimate of drug-likeness (QED) is 0.480. The fraction of sp³-hybridized carbons (Fsp3) is 0.250. The molecule has 0 unspecified atom stereocenters. The molecule has 0 amide bonds. The number of rotatable bonds is 0. The van der Waals surface area contributed by atoms with Crippen molar-refractivity contribution in [1.29, 1.82) is 0 Å². The molecule has 0 radical (unpaired) electrons. The Bertz CT molecular complexity index is 220. The molecule has 0 saturated carbocycles. The molecule has 5 heteroatoms. The van der Waals surface area contributed by atoms with Crippen molar-refractivity contribution in [3.05, 3.63) is 5.82 Å². The molecule has 48 valence electrons. The zero-order chi connectivity index (χ0) is 6.85. The highest BCUT2D eigenvalue weighted by atomic mass is 15.2. The summed E-state index contributed by atoms with van der Waals surface area (Å²) in [5.41, 5.74) is 10.5. The van der Waals surface area contributed by atoms with Gasteiger partial charge in [-0.25, -0.2) is 4.98 Å². The third-order valence-electron chi connectivity index (χ3n) is 0.847. The molecule has 9 heavy (non-hydrogen) atoms. The second kappa shape index (κ2) is 1.85. The van der Waals surface area contributed by atoms with Crippen molar-refractivity contribution in [2.45, 2.75) is 6.92 Å². The third-order valence-corrected chi connectivity index (χ3v) is 0.847. The number of aryl methyl sites for hydroxylation is 1. The van der Waals surface area contributed by atoms with Crippen LogP contribution in [0.3, 0.4) is 0 Å². The highest BCUT2D eigenvalue weighted by Gasteiger charge is 1.95. The number of aromatic nitrogens is 3. The van der Waals surface area contributed by atoms with E-state index in [0.29, 0.717) is 5.82 Å². The summed E-state index contributed by atoms with van der Waals surface area (Å²) in [5, 5.41) is 7.09. The lowest BCUT2D eigenvalue weighted by Gasteiger charge is -1.94. The maximum absolute atomic E-state index is 5.28. The van der Waals surface area contributed by atoms with Crippen LogP contribution in [0.4, 0.5) is 11.6 Å². The van der Waals surface area contributed by atoms with Gasteiger partial charge in [-0.05, 0) is 6.92 Å². The summed E-state index contributed by atoms with van der Waals surface area (Å²) in [6.45, 7) is 1.70. The topological polar surface area (TPSA) is 90.7 Å². The molecule has 1 aromatic heterocycles. The number of hydrogen-bond acceptors (Lipinski definition) is 5. The molecule has 1 rings (SSSR count). The summed E-state index contributed by atoms with van der Waals surface area (Å²) in [6, 6.07) is 0. The molecule has 0 spiro atoms. The highest BCUT2D eigenvalue weighted by Crippen LogP contribution is 2.02. The SMILES string of the molecule is Cc1nnc(N)c(N)n1. The molecule has 0 saturated heterocycles. The number of anilines is 2. The Kier molecular flexibility index (Phi) is 1.18. The van der Waals surface area contributed by atoms with E-state index in [9.17, 15) is 0 Å². The number of nitrogens with zero attached hydrogens (tertiary/aromatic N) is 3. The molecular weight excluding hydrogens is 118 g/mol. The molecule has 0 aliphatic carbocycles. The monoisotopic (exact) mass is 125 g/mol. The Morgan fingerprint density at radius 3 is 2.22 bits per heavy atom. The van der Waals surface area contributed by atoms with Crippen molar-refractivity contribution in [1.82, 2.24) is 15.2 Å². The molecule has 0 aliphatic rings. The second-order valence-corrected chi connectivity index (χ2v) is 1.63. The Labute approximate surface area is 52.1 Å². The minimum atomic E-state index is 0.181. The van der Waals surface area contributed by atoms with Crippen LogP contribution in [0.15, 0.2) is 0 Å². The van der Waals surface area contributed by atoms with Crippen LogP contribution in [0.2, 0.25) is 0 Å². The lowest BCUT2D eigenvalue weighted by molar-refractivity contribution is 0.923. The number of nitrogens with two attached hydrogens (primary N) is 2. The van der Waals surface area contributed by atoms with E-state index in [1.54, 1.807) is 6.92 Å². The van der Waals surface area contributed by atoms with Crippen molar-refractivity contribution in [3.63, 3.8) is 0 Å². The standard InChI is InChI=1S/C4H7N5/c1-2-7-3(5)4(6)9-8-2/h1H3,(H2,6,9)(H2,5,7,8). The zero-order valence-corrected chi connectivity index (χ0v) is 5.00. The molecule has 1 heterocycles. The molecule has 5 nitrogen and oxygen atoms in total. The minimum absolute atomic E-state index is 0.181. The van der Waals surface area contributed by atoms with Gasteiger partial charge in [-0.2, -0.15) is 0 Å². The third kappa shape index (κ3) is 1.04. The van der Waals surface area contributed by atoms with Gasteiger partial charge in [0.2, 0.25) is 0 Å². The van der Waals surface area contributed by atoms with Crippen molar-refractivity contribution >= 4 is 11.6 Å². The van der Waals surface area contributed by atoms with E-state index in [1.807, 2.05) is 0 Å². The Balaban J connectivity index is 3.17. The lowest BCUT2D eigenvalue weighted by atomic mass is 10.6. The summed E-state index contributed by atoms with van der Waals surface area (Å²) >= 11 is 0. The van der Waals surface area contributed by atoms with E-state index in [2.05, 4.69) is 15.2 Å². The molecule has 0 bridgehead atoms. The van der Waals surface area contributed by atoms with Crippen molar-refractivity contribution in [3.8, 4) is 0 Å². The summed E-state index contributed by atoms with van der Waals surface area (Å²) in [7, 11) is 0. The van der Waals surface area contributed by atoms with E-state index in [1.165, 1.54) is 0 Å². The second-order valence-electron chi connectivity index (χ2n) is 1.63. The predicted octanol–water partition coefficient (Wildman–Crippen LogP) is -0.656. The maximum Gasteiger partial charge on any atom is 0.188 e. The lowest BCUT2D eigenvalue weighted by Crippen LogP contribution is -2.04. The van der Waals surface area contributed by atoms with Gasteiger partial charge in [0.1, 0.15) is 5.82 Å². The number of nitrogen functional groups attached to an aromatic ring is 2. The van der Waals surface area contributed by atoms with Crippen molar-refractivity contribution < 1.29 is 0 Å². The fourth-order valence-corrected chi connectivity index (χ4v) is 0.431. The van der Waals surface area contributed by atoms with Gasteiger partial charge in [-0.15, -0.1) is 10.2 Å². The van der Waals surface area contributed by atoms with Crippen LogP contribution in [0.1, 0.15) is 5.82 Å². The predicted molar refractivity (Wildman–Crippen MR) is 33.4 cm³/mol. The van der Waals surface area contributed by atoms with E-state index in [-0.39, 0.29) is 11.6 Å². The fourth-order valence-electron chi connectivity index (χ4n) is 0.431. The summed E-state index contributed by atoms with van der Waals surface area (Å²) in [5.74, 6) is 0.949. The van der Waals surface area contributed by atoms with Crippen LogP contribution in [-0.4, -0.2) is 15.2 Å². The largest absolute Gasteiger partial charge is 0.381 e. The molecule has 0 aliphatic heterocycles. The smallest absolute Gasteiger partial charge is 0.188 e. The number of hydrogen-bond donors (Lipinski definition) is 2. The first-order valence-corrected chi connectivity index (χ1v) is 2.42. The molecular formula is C4H7N5. The van der Waals surface area contributed by atoms with Crippen LogP contribution >= 0.6 is 0 Å². The molecule has 4 N–H and O–H groups in total. The molecule has 1 aromatic rings.